The summed E-state index contributed by atoms with van der Waals surface area (Å²) in [6.45, 7) is 0. The van der Waals surface area contributed by atoms with Gasteiger partial charge in [0.1, 0.15) is 22.5 Å². The Balaban J connectivity index is 1.39. The van der Waals surface area contributed by atoms with Crippen molar-refractivity contribution in [1.29, 1.82) is 0 Å². The molecule has 1 aliphatic carbocycles. The van der Waals surface area contributed by atoms with Gasteiger partial charge in [-0.3, -0.25) is 4.79 Å². The topological polar surface area (TPSA) is 208 Å². The summed E-state index contributed by atoms with van der Waals surface area (Å²) in [4.78, 5) is 39.9. The molecule has 218 valence electrons. The van der Waals surface area contributed by atoms with Crippen LogP contribution in [-0.2, 0) is 15.1 Å². The smallest absolute Gasteiger partial charge is 0.348 e. The Morgan fingerprint density at radius 2 is 1.32 bits per heavy atom. The van der Waals surface area contributed by atoms with Crippen molar-refractivity contribution in [1.82, 2.24) is 0 Å². The maximum atomic E-state index is 13.8. The Bertz CT molecular complexity index is 2340. The molecular weight excluding hydrogens is 576 g/mol. The lowest BCUT2D eigenvalue weighted by atomic mass is 9.85. The van der Waals surface area contributed by atoms with E-state index in [-0.39, 0.29) is 61.5 Å². The van der Waals surface area contributed by atoms with Crippen LogP contribution in [-0.4, -0.2) is 36.4 Å². The van der Waals surface area contributed by atoms with Gasteiger partial charge in [-0.15, -0.1) is 0 Å². The number of hydrogen-bond donors (Lipinski definition) is 6. The Hall–Kier alpha value is -6.43. The highest BCUT2D eigenvalue weighted by molar-refractivity contribution is 6.16. The summed E-state index contributed by atoms with van der Waals surface area (Å²) >= 11 is 0. The van der Waals surface area contributed by atoms with Crippen LogP contribution in [0.1, 0.15) is 22.5 Å². The molecule has 1 aliphatic heterocycles. The van der Waals surface area contributed by atoms with Crippen molar-refractivity contribution in [3.63, 3.8) is 0 Å². The van der Waals surface area contributed by atoms with Crippen molar-refractivity contribution in [3.05, 3.63) is 110 Å². The molecule has 0 amide bonds. The number of benzene rings is 3. The molecule has 0 saturated carbocycles. The van der Waals surface area contributed by atoms with Gasteiger partial charge in [0.2, 0.25) is 11.4 Å². The van der Waals surface area contributed by atoms with Gasteiger partial charge < -0.3 is 44.2 Å². The molecule has 3 aromatic carbocycles. The highest BCUT2D eigenvalue weighted by Crippen LogP contribution is 2.54. The van der Waals surface area contributed by atoms with Crippen molar-refractivity contribution in [3.8, 4) is 34.5 Å². The average Bonchev–Trinajstić information content (AvgIpc) is 3.47. The van der Waals surface area contributed by atoms with Crippen LogP contribution in [0.25, 0.3) is 39.5 Å². The zero-order chi connectivity index (χ0) is 31.1. The Labute approximate surface area is 244 Å². The minimum Gasteiger partial charge on any atom is -0.504 e. The van der Waals surface area contributed by atoms with Crippen LogP contribution in [0.4, 0.5) is 0 Å². The third-order valence-electron chi connectivity index (χ3n) is 7.52. The highest BCUT2D eigenvalue weighted by Gasteiger charge is 2.55. The van der Waals surface area contributed by atoms with Crippen molar-refractivity contribution in [2.75, 3.05) is 0 Å². The molecule has 6 N–H and O–H groups in total. The first-order valence-corrected chi connectivity index (χ1v) is 12.9. The summed E-state index contributed by atoms with van der Waals surface area (Å²) in [6, 6.07) is 9.61. The second kappa shape index (κ2) is 9.03. The number of hydrogen-bond acceptors (Lipinski definition) is 12. The molecule has 44 heavy (non-hydrogen) atoms. The molecule has 0 fully saturated rings. The Morgan fingerprint density at radius 3 is 2.07 bits per heavy atom. The number of aromatic hydroxyl groups is 6. The van der Waals surface area contributed by atoms with Gasteiger partial charge in [0.05, 0.1) is 11.0 Å². The molecule has 2 aromatic heterocycles. The summed E-state index contributed by atoms with van der Waals surface area (Å²) in [5, 5.41) is 59.3. The summed E-state index contributed by atoms with van der Waals surface area (Å²) in [7, 11) is 0. The minimum absolute atomic E-state index is 0.0141. The lowest BCUT2D eigenvalue weighted by molar-refractivity contribution is -0.125. The van der Waals surface area contributed by atoms with Crippen LogP contribution in [0.15, 0.2) is 84.9 Å². The number of carbonyl (C=O) groups is 1. The molecule has 7 rings (SSSR count). The fraction of sp³-hybridized carbons (Fsp3) is 0.0312. The van der Waals surface area contributed by atoms with E-state index < -0.39 is 45.6 Å². The zero-order valence-corrected chi connectivity index (χ0v) is 22.1. The number of rotatable bonds is 3. The van der Waals surface area contributed by atoms with Gasteiger partial charge >= 0.3 is 11.3 Å². The lowest BCUT2D eigenvalue weighted by Gasteiger charge is -2.27. The number of phenols is 6. The fourth-order valence-corrected chi connectivity index (χ4v) is 5.47. The standard InChI is InChI=1S/C32H18O12/c33-20-4-2-13(5-21(20)34)1-3-15-8-28(39)32(44-15)18-11-25(38)22(35)7-14(18)6-19(32)26-12-27-29(31(41)42-26)16-9-23(36)24(37)10-17(16)30(40)43-27/h1-12,33-38H/t32-/m1/s1. The van der Waals surface area contributed by atoms with E-state index >= 15 is 0 Å². The zero-order valence-electron chi connectivity index (χ0n) is 22.1. The van der Waals surface area contributed by atoms with Gasteiger partial charge in [-0.2, -0.15) is 0 Å². The van der Waals surface area contributed by atoms with Crippen LogP contribution in [0.3, 0.4) is 0 Å². The molecule has 0 bridgehead atoms. The second-order valence-corrected chi connectivity index (χ2v) is 10.2. The highest BCUT2D eigenvalue weighted by atomic mass is 16.5. The summed E-state index contributed by atoms with van der Waals surface area (Å²) in [5.74, 6) is -3.70. The first-order valence-electron chi connectivity index (χ1n) is 12.9. The summed E-state index contributed by atoms with van der Waals surface area (Å²) in [5.41, 5.74) is -3.34. The maximum absolute atomic E-state index is 13.8. The number of carbonyl (C=O) groups excluding carboxylic acids is 1. The summed E-state index contributed by atoms with van der Waals surface area (Å²) < 4.78 is 17.2. The van der Waals surface area contributed by atoms with E-state index in [0.717, 1.165) is 18.2 Å². The number of allylic oxidation sites excluding steroid dienone is 1. The van der Waals surface area contributed by atoms with Gasteiger partial charge in [0.15, 0.2) is 34.5 Å². The van der Waals surface area contributed by atoms with E-state index in [4.69, 9.17) is 13.6 Å². The predicted octanol–water partition coefficient (Wildman–Crippen LogP) is 4.08. The molecule has 2 aliphatic rings. The average molecular weight is 594 g/mol. The van der Waals surface area contributed by atoms with Crippen LogP contribution < -0.4 is 11.3 Å². The molecular formula is C32H18O12. The van der Waals surface area contributed by atoms with Crippen molar-refractivity contribution < 1.29 is 49.0 Å². The second-order valence-electron chi connectivity index (χ2n) is 10.2. The quantitative estimate of drug-likeness (QED) is 0.129. The number of ketones is 1. The van der Waals surface area contributed by atoms with Gasteiger partial charge in [-0.1, -0.05) is 12.1 Å². The molecule has 12 heteroatoms. The first-order chi connectivity index (χ1) is 21.0. The molecule has 3 heterocycles. The van der Waals surface area contributed by atoms with Crippen LogP contribution >= 0.6 is 0 Å². The number of ether oxygens (including phenoxy) is 1. The largest absolute Gasteiger partial charge is 0.504 e. The van der Waals surface area contributed by atoms with E-state index in [1.807, 2.05) is 0 Å². The lowest BCUT2D eigenvalue weighted by Crippen LogP contribution is -2.33. The number of fused-ring (bicyclic) bond motifs is 5. The fourth-order valence-electron chi connectivity index (χ4n) is 5.47. The van der Waals surface area contributed by atoms with E-state index in [1.54, 1.807) is 0 Å². The summed E-state index contributed by atoms with van der Waals surface area (Å²) in [6.07, 6.45) is 5.52. The van der Waals surface area contributed by atoms with Gasteiger partial charge in [0.25, 0.3) is 0 Å². The van der Waals surface area contributed by atoms with E-state index in [0.29, 0.717) is 5.56 Å². The van der Waals surface area contributed by atoms with Gasteiger partial charge in [-0.05, 0) is 59.7 Å². The monoisotopic (exact) mass is 594 g/mol. The number of phenolic OH excluding ortho intramolecular Hbond substituents is 6. The van der Waals surface area contributed by atoms with Gasteiger partial charge in [0, 0.05) is 23.1 Å². The third kappa shape index (κ3) is 3.74. The van der Waals surface area contributed by atoms with E-state index in [1.165, 1.54) is 54.6 Å². The normalized spacial score (nSPS) is 17.4. The van der Waals surface area contributed by atoms with Gasteiger partial charge in [-0.25, -0.2) is 9.59 Å². The first kappa shape index (κ1) is 26.5. The molecule has 0 saturated heterocycles. The Kier molecular flexibility index (Phi) is 5.43. The van der Waals surface area contributed by atoms with E-state index in [2.05, 4.69) is 0 Å². The van der Waals surface area contributed by atoms with E-state index in [9.17, 15) is 45.0 Å². The molecule has 0 radical (unpaired) electrons. The van der Waals surface area contributed by atoms with Crippen molar-refractivity contribution in [2.45, 2.75) is 5.60 Å². The Morgan fingerprint density at radius 1 is 0.636 bits per heavy atom. The van der Waals surface area contributed by atoms with Crippen LogP contribution in [0.5, 0.6) is 34.5 Å². The van der Waals surface area contributed by atoms with Crippen LogP contribution in [0, 0.1) is 0 Å². The third-order valence-corrected chi connectivity index (χ3v) is 7.52. The molecule has 12 nitrogen and oxygen atoms in total. The molecule has 5 aromatic rings. The van der Waals surface area contributed by atoms with Crippen LogP contribution in [0.2, 0.25) is 0 Å². The SMILES string of the molecule is O=C1C=C(C=Cc2ccc(O)c(O)c2)O[C@]12C(c1cc3oc(=O)c4cc(O)c(O)cc4c3c(=O)o1)=Cc1cc(O)c(O)cc12. The predicted molar refractivity (Wildman–Crippen MR) is 154 cm³/mol. The molecule has 1 spiro atoms. The van der Waals surface area contributed by atoms with Crippen molar-refractivity contribution >= 4 is 45.3 Å². The van der Waals surface area contributed by atoms with Crippen molar-refractivity contribution in [2.24, 2.45) is 0 Å². The molecule has 1 atom stereocenters. The maximum Gasteiger partial charge on any atom is 0.348 e. The molecule has 0 unspecified atom stereocenters. The minimum atomic E-state index is -2.00.